The van der Waals surface area contributed by atoms with E-state index in [2.05, 4.69) is 9.84 Å². The van der Waals surface area contributed by atoms with Gasteiger partial charge in [-0.3, -0.25) is 4.68 Å². The molecule has 0 saturated heterocycles. The van der Waals surface area contributed by atoms with Gasteiger partial charge in [0.25, 0.3) is 0 Å². The van der Waals surface area contributed by atoms with Gasteiger partial charge in [-0.05, 0) is 30.7 Å². The molecule has 0 aliphatic heterocycles. The molecule has 0 aliphatic carbocycles. The Morgan fingerprint density at radius 2 is 2.05 bits per heavy atom. The van der Waals surface area contributed by atoms with E-state index in [1.807, 2.05) is 0 Å². The van der Waals surface area contributed by atoms with Gasteiger partial charge in [-0.1, -0.05) is 6.07 Å². The summed E-state index contributed by atoms with van der Waals surface area (Å²) in [7, 11) is 1.70. The SMILES string of the molecule is CCOc1cc(C(O)c2ccnn2C)ccc1OC(F)F. The summed E-state index contributed by atoms with van der Waals surface area (Å²) in [5, 5.41) is 14.3. The molecule has 1 heterocycles. The van der Waals surface area contributed by atoms with Gasteiger partial charge in [-0.25, -0.2) is 0 Å². The number of aromatic nitrogens is 2. The van der Waals surface area contributed by atoms with Gasteiger partial charge in [-0.2, -0.15) is 13.9 Å². The molecule has 0 bridgehead atoms. The molecule has 0 fully saturated rings. The lowest BCUT2D eigenvalue weighted by Gasteiger charge is -2.16. The molecular weight excluding hydrogens is 282 g/mol. The Balaban J connectivity index is 2.33. The molecule has 1 aromatic carbocycles. The quantitative estimate of drug-likeness (QED) is 0.890. The maximum atomic E-state index is 12.3. The van der Waals surface area contributed by atoms with Gasteiger partial charge < -0.3 is 14.6 Å². The number of hydrogen-bond donors (Lipinski definition) is 1. The summed E-state index contributed by atoms with van der Waals surface area (Å²) >= 11 is 0. The number of alkyl halides is 2. The van der Waals surface area contributed by atoms with E-state index in [0.29, 0.717) is 17.9 Å². The maximum Gasteiger partial charge on any atom is 0.387 e. The van der Waals surface area contributed by atoms with Crippen LogP contribution in [-0.4, -0.2) is 28.1 Å². The first-order valence-electron chi connectivity index (χ1n) is 6.40. The van der Waals surface area contributed by atoms with Gasteiger partial charge in [0.1, 0.15) is 6.10 Å². The van der Waals surface area contributed by atoms with E-state index >= 15 is 0 Å². The largest absolute Gasteiger partial charge is 0.490 e. The highest BCUT2D eigenvalue weighted by molar-refractivity contribution is 5.44. The maximum absolute atomic E-state index is 12.3. The van der Waals surface area contributed by atoms with Crippen LogP contribution in [0, 0.1) is 0 Å². The Hall–Kier alpha value is -2.15. The highest BCUT2D eigenvalue weighted by atomic mass is 19.3. The minimum atomic E-state index is -2.93. The van der Waals surface area contributed by atoms with Crippen molar-refractivity contribution in [2.45, 2.75) is 19.6 Å². The third-order valence-electron chi connectivity index (χ3n) is 2.94. The Kier molecular flexibility index (Phi) is 4.74. The fourth-order valence-electron chi connectivity index (χ4n) is 1.98. The molecule has 5 nitrogen and oxygen atoms in total. The van der Waals surface area contributed by atoms with Crippen LogP contribution in [0.25, 0.3) is 0 Å². The predicted octanol–water partition coefficient (Wildman–Crippen LogP) is 2.50. The number of aliphatic hydroxyl groups is 1. The van der Waals surface area contributed by atoms with E-state index < -0.39 is 12.7 Å². The summed E-state index contributed by atoms with van der Waals surface area (Å²) < 4.78 is 35.9. The molecule has 114 valence electrons. The second kappa shape index (κ2) is 6.53. The van der Waals surface area contributed by atoms with Crippen molar-refractivity contribution in [2.75, 3.05) is 6.61 Å². The van der Waals surface area contributed by atoms with E-state index in [9.17, 15) is 13.9 Å². The smallest absolute Gasteiger partial charge is 0.387 e. The fourth-order valence-corrected chi connectivity index (χ4v) is 1.98. The van der Waals surface area contributed by atoms with Crippen LogP contribution in [0.3, 0.4) is 0 Å². The summed E-state index contributed by atoms with van der Waals surface area (Å²) in [6.07, 6.45) is 0.633. The molecule has 21 heavy (non-hydrogen) atoms. The van der Waals surface area contributed by atoms with E-state index in [0.717, 1.165) is 0 Å². The van der Waals surface area contributed by atoms with Gasteiger partial charge in [0.2, 0.25) is 0 Å². The monoisotopic (exact) mass is 298 g/mol. The second-order valence-electron chi connectivity index (χ2n) is 4.30. The Bertz CT molecular complexity index is 602. The van der Waals surface area contributed by atoms with E-state index in [1.54, 1.807) is 26.2 Å². The molecule has 7 heteroatoms. The Morgan fingerprint density at radius 1 is 1.29 bits per heavy atom. The number of halogens is 2. The van der Waals surface area contributed by atoms with Crippen molar-refractivity contribution < 1.29 is 23.4 Å². The lowest BCUT2D eigenvalue weighted by atomic mass is 10.1. The lowest BCUT2D eigenvalue weighted by molar-refractivity contribution is -0.0514. The molecule has 0 aliphatic rings. The number of benzene rings is 1. The van der Waals surface area contributed by atoms with Gasteiger partial charge >= 0.3 is 6.61 Å². The minimum absolute atomic E-state index is 0.0622. The number of aliphatic hydroxyl groups excluding tert-OH is 1. The first-order chi connectivity index (χ1) is 10.0. The van der Waals surface area contributed by atoms with Crippen molar-refractivity contribution in [2.24, 2.45) is 7.05 Å². The van der Waals surface area contributed by atoms with Crippen LogP contribution in [-0.2, 0) is 7.05 Å². The molecule has 0 amide bonds. The molecule has 0 saturated carbocycles. The predicted molar refractivity (Wildman–Crippen MR) is 71.5 cm³/mol. The summed E-state index contributed by atoms with van der Waals surface area (Å²) in [4.78, 5) is 0. The fraction of sp³-hybridized carbons (Fsp3) is 0.357. The third kappa shape index (κ3) is 3.49. The summed E-state index contributed by atoms with van der Waals surface area (Å²) in [6, 6.07) is 6.03. The van der Waals surface area contributed by atoms with Crippen LogP contribution < -0.4 is 9.47 Å². The summed E-state index contributed by atoms with van der Waals surface area (Å²) in [5.41, 5.74) is 1.09. The van der Waals surface area contributed by atoms with Crippen LogP contribution in [0.15, 0.2) is 30.5 Å². The van der Waals surface area contributed by atoms with E-state index in [4.69, 9.17) is 4.74 Å². The number of nitrogens with zero attached hydrogens (tertiary/aromatic N) is 2. The third-order valence-corrected chi connectivity index (χ3v) is 2.94. The van der Waals surface area contributed by atoms with E-state index in [-0.39, 0.29) is 11.5 Å². The summed E-state index contributed by atoms with van der Waals surface area (Å²) in [5.74, 6) is 0.101. The number of aryl methyl sites for hydroxylation is 1. The van der Waals surface area contributed by atoms with Gasteiger partial charge in [0.05, 0.1) is 12.3 Å². The topological polar surface area (TPSA) is 56.5 Å². The molecule has 1 atom stereocenters. The van der Waals surface area contributed by atoms with Gasteiger partial charge in [0.15, 0.2) is 11.5 Å². The zero-order chi connectivity index (χ0) is 15.4. The minimum Gasteiger partial charge on any atom is -0.490 e. The highest BCUT2D eigenvalue weighted by Gasteiger charge is 2.18. The second-order valence-corrected chi connectivity index (χ2v) is 4.30. The number of ether oxygens (including phenoxy) is 2. The number of hydrogen-bond acceptors (Lipinski definition) is 4. The standard InChI is InChI=1S/C14H16F2N2O3/c1-3-20-12-8-9(4-5-11(12)21-14(15)16)13(19)10-6-7-17-18(10)2/h4-8,13-14,19H,3H2,1-2H3. The molecule has 1 aromatic heterocycles. The molecular formula is C14H16F2N2O3. The van der Waals surface area contributed by atoms with E-state index in [1.165, 1.54) is 22.9 Å². The zero-order valence-electron chi connectivity index (χ0n) is 11.7. The lowest BCUT2D eigenvalue weighted by Crippen LogP contribution is -2.08. The Morgan fingerprint density at radius 3 is 2.62 bits per heavy atom. The van der Waals surface area contributed by atoms with Crippen molar-refractivity contribution in [1.82, 2.24) is 9.78 Å². The normalized spacial score (nSPS) is 12.5. The van der Waals surface area contributed by atoms with Gasteiger partial charge in [0, 0.05) is 13.2 Å². The van der Waals surface area contributed by atoms with Crippen LogP contribution in [0.2, 0.25) is 0 Å². The molecule has 2 aromatic rings. The molecule has 0 spiro atoms. The highest BCUT2D eigenvalue weighted by Crippen LogP contribution is 2.33. The molecule has 2 rings (SSSR count). The molecule has 1 unspecified atom stereocenters. The van der Waals surface area contributed by atoms with Crippen molar-refractivity contribution in [3.63, 3.8) is 0 Å². The van der Waals surface area contributed by atoms with Gasteiger partial charge in [-0.15, -0.1) is 0 Å². The van der Waals surface area contributed by atoms with Crippen LogP contribution in [0.4, 0.5) is 8.78 Å². The van der Waals surface area contributed by atoms with Crippen molar-refractivity contribution in [3.05, 3.63) is 41.7 Å². The van der Waals surface area contributed by atoms with Crippen molar-refractivity contribution >= 4 is 0 Å². The van der Waals surface area contributed by atoms with Crippen LogP contribution in [0.1, 0.15) is 24.3 Å². The zero-order valence-corrected chi connectivity index (χ0v) is 11.7. The number of rotatable bonds is 6. The van der Waals surface area contributed by atoms with Crippen LogP contribution in [0.5, 0.6) is 11.5 Å². The summed E-state index contributed by atoms with van der Waals surface area (Å²) in [6.45, 7) is -0.904. The van der Waals surface area contributed by atoms with Crippen LogP contribution >= 0.6 is 0 Å². The first-order valence-corrected chi connectivity index (χ1v) is 6.40. The van der Waals surface area contributed by atoms with Crippen molar-refractivity contribution in [3.8, 4) is 11.5 Å². The Labute approximate surface area is 120 Å². The molecule has 0 radical (unpaired) electrons. The average molecular weight is 298 g/mol. The molecule has 1 N–H and O–H groups in total. The first kappa shape index (κ1) is 15.2. The van der Waals surface area contributed by atoms with Crippen molar-refractivity contribution in [1.29, 1.82) is 0 Å². The average Bonchev–Trinajstić information content (AvgIpc) is 2.86.